The zero-order chi connectivity index (χ0) is 12.1. The highest BCUT2D eigenvalue weighted by Crippen LogP contribution is 2.31. The summed E-state index contributed by atoms with van der Waals surface area (Å²) in [5.74, 6) is 5.14. The Kier molecular flexibility index (Phi) is 4.10. The topological polar surface area (TPSA) is 90.7 Å². The molecule has 0 atom stereocenters. The van der Waals surface area contributed by atoms with E-state index in [1.54, 1.807) is 5.43 Å². The number of halogens is 1. The Morgan fingerprint density at radius 2 is 2.19 bits per heavy atom. The second-order valence-electron chi connectivity index (χ2n) is 2.68. The second-order valence-corrected chi connectivity index (χ2v) is 3.08. The van der Waals surface area contributed by atoms with Gasteiger partial charge in [0.15, 0.2) is 12.0 Å². The molecule has 0 fully saturated rings. The fourth-order valence-electron chi connectivity index (χ4n) is 1.03. The predicted octanol–water partition coefficient (Wildman–Crippen LogP) is 1.12. The molecule has 16 heavy (non-hydrogen) atoms. The number of benzene rings is 1. The lowest BCUT2D eigenvalue weighted by atomic mass is 10.2. The maximum atomic E-state index is 10.9. The number of rotatable bonds is 3. The van der Waals surface area contributed by atoms with Crippen LogP contribution in [0, 0.1) is 0 Å². The smallest absolute Gasteiger partial charge is 0.426 e. The number of hydrazine groups is 1. The second kappa shape index (κ2) is 5.34. The van der Waals surface area contributed by atoms with Crippen LogP contribution in [0.5, 0.6) is 11.5 Å². The minimum Gasteiger partial charge on any atom is -0.496 e. The Morgan fingerprint density at radius 3 is 2.69 bits per heavy atom. The van der Waals surface area contributed by atoms with Crippen LogP contribution in [0.25, 0.3) is 0 Å². The Balaban J connectivity index is 3.10. The number of methoxy groups -OCH3 is 1. The third-order valence-corrected chi connectivity index (χ3v) is 2.03. The quantitative estimate of drug-likeness (QED) is 0.360. The summed E-state index contributed by atoms with van der Waals surface area (Å²) in [5.41, 5.74) is 2.03. The Labute approximate surface area is 96.2 Å². The van der Waals surface area contributed by atoms with Crippen molar-refractivity contribution in [3.05, 3.63) is 22.7 Å². The molecule has 1 rings (SSSR count). The number of nitrogens with two attached hydrogens (primary N) is 1. The lowest BCUT2D eigenvalue weighted by molar-refractivity contribution is 0.112. The molecule has 0 spiro atoms. The van der Waals surface area contributed by atoms with Gasteiger partial charge in [0, 0.05) is 6.07 Å². The fraction of sp³-hybridized carbons (Fsp3) is 0.111. The molecule has 1 amide bonds. The fourth-order valence-corrected chi connectivity index (χ4v) is 1.24. The van der Waals surface area contributed by atoms with Gasteiger partial charge >= 0.3 is 6.09 Å². The van der Waals surface area contributed by atoms with Crippen molar-refractivity contribution < 1.29 is 19.1 Å². The van der Waals surface area contributed by atoms with Crippen molar-refractivity contribution in [3.63, 3.8) is 0 Å². The average molecular weight is 245 g/mol. The van der Waals surface area contributed by atoms with Crippen LogP contribution in [0.1, 0.15) is 10.4 Å². The first-order valence-corrected chi connectivity index (χ1v) is 4.51. The maximum Gasteiger partial charge on any atom is 0.426 e. The summed E-state index contributed by atoms with van der Waals surface area (Å²) in [7, 11) is 1.38. The van der Waals surface area contributed by atoms with Crippen molar-refractivity contribution in [1.29, 1.82) is 0 Å². The molecule has 0 unspecified atom stereocenters. The first-order chi connectivity index (χ1) is 7.62. The minimum absolute atomic E-state index is 0.0482. The molecule has 1 aromatic rings. The van der Waals surface area contributed by atoms with Crippen LogP contribution in [0.4, 0.5) is 4.79 Å². The first kappa shape index (κ1) is 12.3. The van der Waals surface area contributed by atoms with Gasteiger partial charge in [-0.15, -0.1) is 0 Å². The number of hydrogen-bond donors (Lipinski definition) is 2. The number of carbonyl (C=O) groups is 2. The summed E-state index contributed by atoms with van der Waals surface area (Å²) >= 11 is 5.78. The van der Waals surface area contributed by atoms with E-state index in [4.69, 9.17) is 26.9 Å². The number of hydrogen-bond acceptors (Lipinski definition) is 5. The van der Waals surface area contributed by atoms with Crippen LogP contribution in [0.2, 0.25) is 5.02 Å². The zero-order valence-electron chi connectivity index (χ0n) is 8.32. The third kappa shape index (κ3) is 2.62. The van der Waals surface area contributed by atoms with Crippen LogP contribution in [-0.2, 0) is 0 Å². The lowest BCUT2D eigenvalue weighted by Crippen LogP contribution is -2.32. The standard InChI is InChI=1S/C9H9ClN2O4/c1-15-7-3-8(16-9(14)12-11)6(10)2-5(7)4-13/h2-4H,11H2,1H3,(H,12,14). The number of amides is 1. The van der Waals surface area contributed by atoms with E-state index in [9.17, 15) is 9.59 Å². The summed E-state index contributed by atoms with van der Waals surface area (Å²) in [4.78, 5) is 21.5. The van der Waals surface area contributed by atoms with E-state index in [0.717, 1.165) is 0 Å². The molecule has 7 heteroatoms. The van der Waals surface area contributed by atoms with E-state index in [1.807, 2.05) is 0 Å². The van der Waals surface area contributed by atoms with Crippen LogP contribution in [0.3, 0.4) is 0 Å². The number of aldehydes is 1. The number of ether oxygens (including phenoxy) is 2. The SMILES string of the molecule is COc1cc(OC(=O)NN)c(Cl)cc1C=O. The molecule has 86 valence electrons. The summed E-state index contributed by atoms with van der Waals surface area (Å²) in [5, 5.41) is 0.103. The molecule has 0 aliphatic carbocycles. The van der Waals surface area contributed by atoms with Gasteiger partial charge in [-0.2, -0.15) is 0 Å². The molecule has 0 aliphatic rings. The lowest BCUT2D eigenvalue weighted by Gasteiger charge is -2.09. The molecule has 1 aromatic carbocycles. The molecule has 0 bridgehead atoms. The minimum atomic E-state index is -0.872. The van der Waals surface area contributed by atoms with E-state index in [1.165, 1.54) is 19.2 Å². The predicted molar refractivity (Wildman–Crippen MR) is 56.7 cm³/mol. The summed E-state index contributed by atoms with van der Waals surface area (Å²) in [6.45, 7) is 0. The summed E-state index contributed by atoms with van der Waals surface area (Å²) in [6.07, 6.45) is -0.292. The third-order valence-electron chi connectivity index (χ3n) is 1.73. The van der Waals surface area contributed by atoms with E-state index >= 15 is 0 Å². The van der Waals surface area contributed by atoms with Crippen molar-refractivity contribution in [2.75, 3.05) is 7.11 Å². The summed E-state index contributed by atoms with van der Waals surface area (Å²) in [6, 6.07) is 2.65. The van der Waals surface area contributed by atoms with Gasteiger partial charge in [-0.25, -0.2) is 10.6 Å². The Morgan fingerprint density at radius 1 is 1.50 bits per heavy atom. The van der Waals surface area contributed by atoms with Crippen LogP contribution >= 0.6 is 11.6 Å². The highest BCUT2D eigenvalue weighted by Gasteiger charge is 2.12. The molecule has 6 nitrogen and oxygen atoms in total. The van der Waals surface area contributed by atoms with Gasteiger partial charge in [0.1, 0.15) is 5.75 Å². The van der Waals surface area contributed by atoms with Gasteiger partial charge in [0.25, 0.3) is 0 Å². The largest absolute Gasteiger partial charge is 0.496 e. The molecule has 0 aromatic heterocycles. The van der Waals surface area contributed by atoms with Crippen molar-refractivity contribution in [1.82, 2.24) is 5.43 Å². The molecular formula is C9H9ClN2O4. The van der Waals surface area contributed by atoms with Gasteiger partial charge in [-0.3, -0.25) is 10.2 Å². The molecule has 0 saturated heterocycles. The van der Waals surface area contributed by atoms with Crippen LogP contribution in [-0.4, -0.2) is 19.5 Å². The molecule has 0 aliphatic heterocycles. The van der Waals surface area contributed by atoms with Gasteiger partial charge < -0.3 is 9.47 Å². The first-order valence-electron chi connectivity index (χ1n) is 4.13. The van der Waals surface area contributed by atoms with Gasteiger partial charge in [-0.05, 0) is 6.07 Å². The van der Waals surface area contributed by atoms with Crippen LogP contribution < -0.4 is 20.7 Å². The van der Waals surface area contributed by atoms with Gasteiger partial charge in [-0.1, -0.05) is 11.6 Å². The Bertz CT molecular complexity index is 422. The van der Waals surface area contributed by atoms with Crippen molar-refractivity contribution in [2.24, 2.45) is 5.84 Å². The van der Waals surface area contributed by atoms with Crippen LogP contribution in [0.15, 0.2) is 12.1 Å². The van der Waals surface area contributed by atoms with E-state index in [-0.39, 0.29) is 22.1 Å². The van der Waals surface area contributed by atoms with E-state index in [0.29, 0.717) is 6.29 Å². The Hall–Kier alpha value is -1.79. The monoisotopic (exact) mass is 244 g/mol. The summed E-state index contributed by atoms with van der Waals surface area (Å²) < 4.78 is 9.65. The van der Waals surface area contributed by atoms with Crippen molar-refractivity contribution >= 4 is 24.0 Å². The highest BCUT2D eigenvalue weighted by atomic mass is 35.5. The van der Waals surface area contributed by atoms with Gasteiger partial charge in [0.2, 0.25) is 0 Å². The zero-order valence-corrected chi connectivity index (χ0v) is 9.08. The molecule has 0 heterocycles. The normalized spacial score (nSPS) is 9.44. The van der Waals surface area contributed by atoms with Crippen molar-refractivity contribution in [2.45, 2.75) is 0 Å². The molecule has 3 N–H and O–H groups in total. The van der Waals surface area contributed by atoms with E-state index < -0.39 is 6.09 Å². The molecular weight excluding hydrogens is 236 g/mol. The highest BCUT2D eigenvalue weighted by molar-refractivity contribution is 6.32. The maximum absolute atomic E-state index is 10.9. The molecule has 0 saturated carbocycles. The average Bonchev–Trinajstić information content (AvgIpc) is 2.30. The number of nitrogens with one attached hydrogen (secondary N) is 1. The van der Waals surface area contributed by atoms with E-state index in [2.05, 4.69) is 0 Å². The van der Waals surface area contributed by atoms with Gasteiger partial charge in [0.05, 0.1) is 17.7 Å². The molecule has 0 radical (unpaired) electrons. The van der Waals surface area contributed by atoms with Crippen molar-refractivity contribution in [3.8, 4) is 11.5 Å². The number of carbonyl (C=O) groups excluding carboxylic acids is 2.